The normalized spacial score (nSPS) is 10.7. The molecule has 2 heterocycles. The molecule has 156 valence electrons. The number of aromatic nitrogens is 1. The van der Waals surface area contributed by atoms with Crippen LogP contribution in [0.15, 0.2) is 89.9 Å². The largest absolute Gasteiger partial charge is 0.347 e. The van der Waals surface area contributed by atoms with Crippen molar-refractivity contribution in [2.45, 2.75) is 26.3 Å². The second kappa shape index (κ2) is 9.58. The van der Waals surface area contributed by atoms with Crippen molar-refractivity contribution in [2.75, 3.05) is 0 Å². The Balaban J connectivity index is 1.46. The van der Waals surface area contributed by atoms with Crippen LogP contribution in [0.25, 0.3) is 5.00 Å². The van der Waals surface area contributed by atoms with E-state index in [-0.39, 0.29) is 11.5 Å². The first-order valence-corrected chi connectivity index (χ1v) is 11.1. The zero-order valence-corrected chi connectivity index (χ0v) is 18.2. The number of nitrogens with zero attached hydrogens (tertiary/aromatic N) is 1. The van der Waals surface area contributed by atoms with Gasteiger partial charge in [-0.3, -0.25) is 14.2 Å². The van der Waals surface area contributed by atoms with E-state index >= 15 is 0 Å². The summed E-state index contributed by atoms with van der Waals surface area (Å²) in [6.07, 6.45) is 3.52. The molecule has 0 saturated carbocycles. The highest BCUT2D eigenvalue weighted by atomic mass is 32.1. The van der Waals surface area contributed by atoms with Gasteiger partial charge < -0.3 is 5.32 Å². The van der Waals surface area contributed by atoms with E-state index in [1.165, 1.54) is 16.9 Å². The Morgan fingerprint density at radius 3 is 2.19 bits per heavy atom. The first-order chi connectivity index (χ1) is 15.1. The highest BCUT2D eigenvalue weighted by Crippen LogP contribution is 2.24. The smallest absolute Gasteiger partial charge is 0.261 e. The molecule has 0 aliphatic carbocycles. The average molecular weight is 429 g/mol. The van der Waals surface area contributed by atoms with Crippen LogP contribution in [-0.2, 0) is 19.4 Å². The molecular weight excluding hydrogens is 404 g/mol. The second-order valence-electron chi connectivity index (χ2n) is 7.49. The molecule has 2 aromatic carbocycles. The lowest BCUT2D eigenvalue weighted by Crippen LogP contribution is -2.22. The lowest BCUT2D eigenvalue weighted by Gasteiger charge is -2.06. The van der Waals surface area contributed by atoms with E-state index in [9.17, 15) is 9.59 Å². The van der Waals surface area contributed by atoms with E-state index in [1.54, 1.807) is 16.8 Å². The number of pyridine rings is 1. The minimum Gasteiger partial charge on any atom is -0.347 e. The number of nitrogens with one attached hydrogen (secondary N) is 1. The molecule has 0 bridgehead atoms. The summed E-state index contributed by atoms with van der Waals surface area (Å²) in [7, 11) is 0. The number of benzene rings is 2. The third-order valence-corrected chi connectivity index (χ3v) is 6.41. The number of rotatable bonds is 7. The van der Waals surface area contributed by atoms with Gasteiger partial charge in [0.1, 0.15) is 5.00 Å². The molecule has 1 amide bonds. The molecule has 4 aromatic rings. The van der Waals surface area contributed by atoms with Gasteiger partial charge in [0, 0.05) is 18.8 Å². The van der Waals surface area contributed by atoms with Gasteiger partial charge in [-0.15, -0.1) is 11.3 Å². The molecule has 31 heavy (non-hydrogen) atoms. The summed E-state index contributed by atoms with van der Waals surface area (Å²) in [5.74, 6) is -0.120. The molecule has 1 N–H and O–H groups in total. The zero-order chi connectivity index (χ0) is 21.6. The zero-order valence-electron chi connectivity index (χ0n) is 17.4. The van der Waals surface area contributed by atoms with Crippen molar-refractivity contribution in [1.82, 2.24) is 9.88 Å². The van der Waals surface area contributed by atoms with Crippen molar-refractivity contribution < 1.29 is 4.79 Å². The average Bonchev–Trinajstić information content (AvgIpc) is 3.19. The van der Waals surface area contributed by atoms with Crippen LogP contribution in [0, 0.1) is 6.92 Å². The van der Waals surface area contributed by atoms with Gasteiger partial charge in [0.2, 0.25) is 0 Å². The number of aryl methyl sites for hydroxylation is 3. The van der Waals surface area contributed by atoms with Crippen molar-refractivity contribution >= 4 is 17.2 Å². The van der Waals surface area contributed by atoms with Crippen molar-refractivity contribution in [3.8, 4) is 5.00 Å². The third kappa shape index (κ3) is 5.19. The Bertz CT molecular complexity index is 1230. The highest BCUT2D eigenvalue weighted by molar-refractivity contribution is 7.16. The summed E-state index contributed by atoms with van der Waals surface area (Å²) < 4.78 is 1.61. The summed E-state index contributed by atoms with van der Waals surface area (Å²) in [5, 5.41) is 3.71. The van der Waals surface area contributed by atoms with Crippen LogP contribution >= 0.6 is 11.3 Å². The summed E-state index contributed by atoms with van der Waals surface area (Å²) in [6, 6.07) is 25.6. The maximum atomic E-state index is 12.7. The van der Waals surface area contributed by atoms with Gasteiger partial charge in [0.05, 0.1) is 4.88 Å². The fourth-order valence-electron chi connectivity index (χ4n) is 3.46. The molecule has 0 aliphatic heterocycles. The van der Waals surface area contributed by atoms with Gasteiger partial charge in [-0.2, -0.15) is 0 Å². The Morgan fingerprint density at radius 1 is 0.871 bits per heavy atom. The molecule has 5 heteroatoms. The predicted molar refractivity (Wildman–Crippen MR) is 126 cm³/mol. The SMILES string of the molecule is Cc1cc(-n2ccc(CCc3ccccc3)cc2=O)sc1C(=O)NCc1ccccc1. The molecule has 2 aromatic heterocycles. The first kappa shape index (κ1) is 20.8. The van der Waals surface area contributed by atoms with E-state index < -0.39 is 0 Å². The monoisotopic (exact) mass is 428 g/mol. The van der Waals surface area contributed by atoms with Crippen LogP contribution in [0.1, 0.15) is 31.9 Å². The summed E-state index contributed by atoms with van der Waals surface area (Å²) in [5.41, 5.74) is 4.10. The van der Waals surface area contributed by atoms with Crippen LogP contribution in [-0.4, -0.2) is 10.5 Å². The number of hydrogen-bond donors (Lipinski definition) is 1. The molecule has 0 atom stereocenters. The minimum atomic E-state index is -0.120. The maximum absolute atomic E-state index is 12.7. The molecule has 0 fully saturated rings. The summed E-state index contributed by atoms with van der Waals surface area (Å²) >= 11 is 1.34. The third-order valence-electron chi connectivity index (χ3n) is 5.17. The van der Waals surface area contributed by atoms with Crippen molar-refractivity contribution in [1.29, 1.82) is 0 Å². The molecule has 0 unspecified atom stereocenters. The van der Waals surface area contributed by atoms with E-state index in [4.69, 9.17) is 0 Å². The van der Waals surface area contributed by atoms with Crippen molar-refractivity contribution in [2.24, 2.45) is 0 Å². The number of carbonyl (C=O) groups excluding carboxylic acids is 1. The molecule has 0 radical (unpaired) electrons. The Morgan fingerprint density at radius 2 is 1.52 bits per heavy atom. The van der Waals surface area contributed by atoms with Gasteiger partial charge >= 0.3 is 0 Å². The number of hydrogen-bond acceptors (Lipinski definition) is 3. The summed E-state index contributed by atoms with van der Waals surface area (Å²) in [4.78, 5) is 26.0. The minimum absolute atomic E-state index is 0.0805. The highest BCUT2D eigenvalue weighted by Gasteiger charge is 2.15. The fraction of sp³-hybridized carbons (Fsp3) is 0.154. The molecule has 4 rings (SSSR count). The molecule has 0 saturated heterocycles. The van der Waals surface area contributed by atoms with Crippen LogP contribution in [0.2, 0.25) is 0 Å². The number of thiophene rings is 1. The molecule has 0 spiro atoms. The van der Waals surface area contributed by atoms with E-state index in [0.29, 0.717) is 11.4 Å². The lowest BCUT2D eigenvalue weighted by atomic mass is 10.1. The summed E-state index contributed by atoms with van der Waals surface area (Å²) in [6.45, 7) is 2.37. The molecule has 4 nitrogen and oxygen atoms in total. The van der Waals surface area contributed by atoms with Gasteiger partial charge in [0.25, 0.3) is 11.5 Å². The Labute approximate surface area is 185 Å². The van der Waals surface area contributed by atoms with Crippen molar-refractivity contribution in [3.63, 3.8) is 0 Å². The second-order valence-corrected chi connectivity index (χ2v) is 8.52. The molecule has 0 aliphatic rings. The van der Waals surface area contributed by atoms with Gasteiger partial charge in [-0.05, 0) is 54.2 Å². The lowest BCUT2D eigenvalue weighted by molar-refractivity contribution is 0.0954. The topological polar surface area (TPSA) is 51.1 Å². The standard InChI is InChI=1S/C26H24N2O2S/c1-19-16-24(31-25(19)26(30)27-18-22-10-6-3-7-11-22)28-15-14-21(17-23(28)29)13-12-20-8-4-2-5-9-20/h2-11,14-17H,12-13,18H2,1H3,(H,27,30). The maximum Gasteiger partial charge on any atom is 0.261 e. The van der Waals surface area contributed by atoms with E-state index in [1.807, 2.05) is 67.6 Å². The van der Waals surface area contributed by atoms with Gasteiger partial charge in [0.15, 0.2) is 0 Å². The van der Waals surface area contributed by atoms with E-state index in [2.05, 4.69) is 17.4 Å². The predicted octanol–water partition coefficient (Wildman–Crippen LogP) is 4.92. The quantitative estimate of drug-likeness (QED) is 0.454. The first-order valence-electron chi connectivity index (χ1n) is 10.3. The van der Waals surface area contributed by atoms with Crippen LogP contribution in [0.4, 0.5) is 0 Å². The van der Waals surface area contributed by atoms with Crippen LogP contribution in [0.3, 0.4) is 0 Å². The Hall–Kier alpha value is -3.44. The van der Waals surface area contributed by atoms with Crippen molar-refractivity contribution in [3.05, 3.63) is 123 Å². The van der Waals surface area contributed by atoms with Crippen LogP contribution in [0.5, 0.6) is 0 Å². The number of carbonyl (C=O) groups is 1. The molecular formula is C26H24N2O2S. The van der Waals surface area contributed by atoms with Crippen LogP contribution < -0.4 is 10.9 Å². The Kier molecular flexibility index (Phi) is 6.43. The van der Waals surface area contributed by atoms with E-state index in [0.717, 1.165) is 34.5 Å². The van der Waals surface area contributed by atoms with Gasteiger partial charge in [-0.1, -0.05) is 60.7 Å². The number of amides is 1. The van der Waals surface area contributed by atoms with Gasteiger partial charge in [-0.25, -0.2) is 0 Å². The fourth-order valence-corrected chi connectivity index (χ4v) is 4.54.